The van der Waals surface area contributed by atoms with Crippen molar-refractivity contribution in [3.8, 4) is 6.07 Å². The van der Waals surface area contributed by atoms with E-state index < -0.39 is 41.1 Å². The SMILES string of the molecule is CCC(C)C(NC(=O)OC(C)(C)C)C(=O)N(CC#N)C(C(=O)NC(C)(C)C)c1cccc(C)c1. The quantitative estimate of drug-likeness (QED) is 0.550. The molecule has 3 atom stereocenters. The number of carbonyl (C=O) groups is 3. The Balaban J connectivity index is 3.50. The van der Waals surface area contributed by atoms with E-state index in [-0.39, 0.29) is 12.5 Å². The Labute approximate surface area is 204 Å². The normalized spacial score (nSPS) is 14.2. The Hall–Kier alpha value is -3.08. The summed E-state index contributed by atoms with van der Waals surface area (Å²) < 4.78 is 5.36. The molecule has 0 spiro atoms. The molecule has 0 bridgehead atoms. The number of nitrogens with zero attached hydrogens (tertiary/aromatic N) is 2. The second-order valence-corrected chi connectivity index (χ2v) is 10.7. The molecule has 1 aromatic rings. The van der Waals surface area contributed by atoms with E-state index in [4.69, 9.17) is 4.74 Å². The van der Waals surface area contributed by atoms with Crippen LogP contribution in [0.4, 0.5) is 4.79 Å². The van der Waals surface area contributed by atoms with Gasteiger partial charge in [-0.3, -0.25) is 9.59 Å². The highest BCUT2D eigenvalue weighted by molar-refractivity contribution is 5.92. The van der Waals surface area contributed by atoms with Gasteiger partial charge in [-0.25, -0.2) is 4.79 Å². The van der Waals surface area contributed by atoms with Gasteiger partial charge in [0.15, 0.2) is 0 Å². The molecule has 8 heteroatoms. The van der Waals surface area contributed by atoms with Gasteiger partial charge in [0.25, 0.3) is 0 Å². The molecule has 188 valence electrons. The molecular weight excluding hydrogens is 432 g/mol. The van der Waals surface area contributed by atoms with Crippen LogP contribution < -0.4 is 10.6 Å². The van der Waals surface area contributed by atoms with Crippen LogP contribution >= 0.6 is 0 Å². The summed E-state index contributed by atoms with van der Waals surface area (Å²) in [6.45, 7) is 16.1. The number of benzene rings is 1. The number of hydrogen-bond donors (Lipinski definition) is 2. The van der Waals surface area contributed by atoms with Crippen LogP contribution in [0.2, 0.25) is 0 Å². The van der Waals surface area contributed by atoms with Crippen LogP contribution in [-0.4, -0.2) is 46.5 Å². The smallest absolute Gasteiger partial charge is 0.408 e. The molecule has 3 amide bonds. The first-order valence-corrected chi connectivity index (χ1v) is 11.6. The summed E-state index contributed by atoms with van der Waals surface area (Å²) in [4.78, 5) is 41.0. The fourth-order valence-corrected chi connectivity index (χ4v) is 3.42. The summed E-state index contributed by atoms with van der Waals surface area (Å²) in [7, 11) is 0. The number of amides is 3. The third kappa shape index (κ3) is 9.05. The second-order valence-electron chi connectivity index (χ2n) is 10.7. The number of nitrogens with one attached hydrogen (secondary N) is 2. The number of hydrogen-bond acceptors (Lipinski definition) is 5. The highest BCUT2D eigenvalue weighted by atomic mass is 16.6. The van der Waals surface area contributed by atoms with Gasteiger partial charge in [0, 0.05) is 5.54 Å². The number of rotatable bonds is 8. The molecule has 1 aromatic carbocycles. The fraction of sp³-hybridized carbons (Fsp3) is 0.615. The third-order valence-electron chi connectivity index (χ3n) is 5.09. The number of ether oxygens (including phenoxy) is 1. The van der Waals surface area contributed by atoms with Crippen LogP contribution in [0.3, 0.4) is 0 Å². The lowest BCUT2D eigenvalue weighted by Crippen LogP contribution is -2.56. The number of carbonyl (C=O) groups excluding carboxylic acids is 3. The fourth-order valence-electron chi connectivity index (χ4n) is 3.42. The monoisotopic (exact) mass is 472 g/mol. The predicted molar refractivity (Wildman–Crippen MR) is 132 cm³/mol. The van der Waals surface area contributed by atoms with Gasteiger partial charge in [-0.2, -0.15) is 5.26 Å². The lowest BCUT2D eigenvalue weighted by molar-refractivity contribution is -0.143. The summed E-state index contributed by atoms with van der Waals surface area (Å²) in [5.74, 6) is -1.18. The minimum atomic E-state index is -1.04. The number of nitriles is 1. The summed E-state index contributed by atoms with van der Waals surface area (Å²) >= 11 is 0. The maximum atomic E-state index is 13.8. The van der Waals surface area contributed by atoms with Crippen molar-refractivity contribution in [1.29, 1.82) is 5.26 Å². The van der Waals surface area contributed by atoms with Crippen LogP contribution in [-0.2, 0) is 14.3 Å². The lowest BCUT2D eigenvalue weighted by Gasteiger charge is -2.36. The van der Waals surface area contributed by atoms with Crippen molar-refractivity contribution < 1.29 is 19.1 Å². The Morgan fingerprint density at radius 3 is 2.24 bits per heavy atom. The van der Waals surface area contributed by atoms with E-state index in [9.17, 15) is 19.6 Å². The predicted octanol–water partition coefficient (Wildman–Crippen LogP) is 4.24. The van der Waals surface area contributed by atoms with Crippen molar-refractivity contribution in [1.82, 2.24) is 15.5 Å². The van der Waals surface area contributed by atoms with Gasteiger partial charge in [0.1, 0.15) is 24.2 Å². The van der Waals surface area contributed by atoms with E-state index in [0.717, 1.165) is 5.56 Å². The van der Waals surface area contributed by atoms with Crippen molar-refractivity contribution in [2.24, 2.45) is 5.92 Å². The van der Waals surface area contributed by atoms with Gasteiger partial charge in [-0.1, -0.05) is 50.1 Å². The minimum Gasteiger partial charge on any atom is -0.444 e. The van der Waals surface area contributed by atoms with Crippen LogP contribution in [0, 0.1) is 24.2 Å². The first-order chi connectivity index (χ1) is 15.6. The first kappa shape index (κ1) is 29.0. The van der Waals surface area contributed by atoms with Gasteiger partial charge in [0.05, 0.1) is 6.07 Å². The van der Waals surface area contributed by atoms with E-state index >= 15 is 0 Å². The highest BCUT2D eigenvalue weighted by Crippen LogP contribution is 2.26. The van der Waals surface area contributed by atoms with Gasteiger partial charge in [-0.15, -0.1) is 0 Å². The maximum Gasteiger partial charge on any atom is 0.408 e. The molecule has 3 unspecified atom stereocenters. The topological polar surface area (TPSA) is 112 Å². The Morgan fingerprint density at radius 1 is 1.15 bits per heavy atom. The van der Waals surface area contributed by atoms with Crippen molar-refractivity contribution in [2.75, 3.05) is 6.54 Å². The van der Waals surface area contributed by atoms with Gasteiger partial charge >= 0.3 is 6.09 Å². The minimum absolute atomic E-state index is 0.259. The van der Waals surface area contributed by atoms with Gasteiger partial charge < -0.3 is 20.3 Å². The van der Waals surface area contributed by atoms with Crippen molar-refractivity contribution in [3.63, 3.8) is 0 Å². The molecule has 8 nitrogen and oxygen atoms in total. The van der Waals surface area contributed by atoms with Crippen molar-refractivity contribution in [2.45, 2.75) is 92.0 Å². The third-order valence-corrected chi connectivity index (χ3v) is 5.09. The summed E-state index contributed by atoms with van der Waals surface area (Å²) in [5.41, 5.74) is 0.216. The molecule has 0 aliphatic heterocycles. The van der Waals surface area contributed by atoms with Gasteiger partial charge in [-0.05, 0) is 59.9 Å². The molecular formula is C26H40N4O4. The Morgan fingerprint density at radius 2 is 1.76 bits per heavy atom. The zero-order valence-corrected chi connectivity index (χ0v) is 22.0. The molecule has 0 fully saturated rings. The van der Waals surface area contributed by atoms with Crippen LogP contribution in [0.25, 0.3) is 0 Å². The molecule has 0 aliphatic carbocycles. The molecule has 0 saturated carbocycles. The van der Waals surface area contributed by atoms with Crippen LogP contribution in [0.15, 0.2) is 24.3 Å². The Bertz CT molecular complexity index is 909. The van der Waals surface area contributed by atoms with Crippen molar-refractivity contribution >= 4 is 17.9 Å². The number of aryl methyl sites for hydroxylation is 1. The zero-order chi connectivity index (χ0) is 26.3. The molecule has 2 N–H and O–H groups in total. The average Bonchev–Trinajstić information content (AvgIpc) is 2.68. The van der Waals surface area contributed by atoms with E-state index in [2.05, 4.69) is 10.6 Å². The zero-order valence-electron chi connectivity index (χ0n) is 22.0. The van der Waals surface area contributed by atoms with Crippen molar-refractivity contribution in [3.05, 3.63) is 35.4 Å². The molecule has 0 saturated heterocycles. The largest absolute Gasteiger partial charge is 0.444 e. The van der Waals surface area contributed by atoms with Crippen LogP contribution in [0.5, 0.6) is 0 Å². The van der Waals surface area contributed by atoms with E-state index in [1.165, 1.54) is 4.90 Å². The second kappa shape index (κ2) is 11.9. The lowest BCUT2D eigenvalue weighted by atomic mass is 9.95. The summed E-state index contributed by atoms with van der Waals surface area (Å²) in [5, 5.41) is 15.2. The summed E-state index contributed by atoms with van der Waals surface area (Å²) in [6.07, 6.45) is -0.134. The number of alkyl carbamates (subject to hydrolysis) is 1. The first-order valence-electron chi connectivity index (χ1n) is 11.6. The molecule has 1 rings (SSSR count). The highest BCUT2D eigenvalue weighted by Gasteiger charge is 2.38. The molecule has 0 heterocycles. The van der Waals surface area contributed by atoms with Crippen LogP contribution in [0.1, 0.15) is 79.0 Å². The molecule has 0 aliphatic rings. The standard InChI is InChI=1S/C26H40N4O4/c1-10-18(3)20(28-24(33)34-26(7,8)9)23(32)30(15-14-27)21(22(31)29-25(4,5)6)19-13-11-12-17(2)16-19/h11-13,16,18,20-21H,10,15H2,1-9H3,(H,28,33)(H,29,31). The molecule has 34 heavy (non-hydrogen) atoms. The summed E-state index contributed by atoms with van der Waals surface area (Å²) in [6, 6.07) is 7.29. The van der Waals surface area contributed by atoms with E-state index in [1.54, 1.807) is 26.8 Å². The molecule has 0 radical (unpaired) electrons. The maximum absolute atomic E-state index is 13.8. The Kier molecular flexibility index (Phi) is 10.1. The van der Waals surface area contributed by atoms with Gasteiger partial charge in [0.2, 0.25) is 11.8 Å². The molecule has 0 aromatic heterocycles. The average molecular weight is 473 g/mol. The van der Waals surface area contributed by atoms with E-state index in [0.29, 0.717) is 12.0 Å². The van der Waals surface area contributed by atoms with E-state index in [1.807, 2.05) is 65.8 Å².